The molecule has 0 spiro atoms. The number of aliphatic hydroxyl groups excluding tert-OH is 1. The molecule has 1 heterocycles. The van der Waals surface area contributed by atoms with E-state index in [1.54, 1.807) is 0 Å². The normalized spacial score (nSPS) is 26.2. The Kier molecular flexibility index (Phi) is 5.03. The predicted octanol–water partition coefficient (Wildman–Crippen LogP) is 1.03. The first kappa shape index (κ1) is 12.9. The highest BCUT2D eigenvalue weighted by molar-refractivity contribution is 4.79. The van der Waals surface area contributed by atoms with Crippen LogP contribution in [0.25, 0.3) is 0 Å². The number of aliphatic hydroxyl groups is 1. The van der Waals surface area contributed by atoms with Gasteiger partial charge >= 0.3 is 0 Å². The van der Waals surface area contributed by atoms with E-state index in [0.717, 1.165) is 19.6 Å². The Bertz CT molecular complexity index is 180. The zero-order valence-electron chi connectivity index (χ0n) is 10.6. The van der Waals surface area contributed by atoms with Gasteiger partial charge in [0.15, 0.2) is 0 Å². The van der Waals surface area contributed by atoms with Gasteiger partial charge in [0.05, 0.1) is 6.10 Å². The number of piperidine rings is 1. The number of rotatable bonds is 4. The molecule has 1 aliphatic rings. The molecule has 0 aliphatic carbocycles. The van der Waals surface area contributed by atoms with E-state index in [1.165, 1.54) is 12.8 Å². The molecule has 2 unspecified atom stereocenters. The molecule has 0 radical (unpaired) electrons. The van der Waals surface area contributed by atoms with E-state index >= 15 is 0 Å². The standard InChI is InChI=1S/C12H26N2O/c1-10(2)12(15)9-14-7-5-6-11(8-14)13(3)4/h10-12,15H,5-9H2,1-4H3. The summed E-state index contributed by atoms with van der Waals surface area (Å²) in [6.07, 6.45) is 2.38. The summed E-state index contributed by atoms with van der Waals surface area (Å²) < 4.78 is 0. The molecule has 1 fully saturated rings. The Balaban J connectivity index is 2.36. The molecule has 90 valence electrons. The van der Waals surface area contributed by atoms with Gasteiger partial charge in [-0.2, -0.15) is 0 Å². The Hall–Kier alpha value is -0.120. The van der Waals surface area contributed by atoms with Crippen LogP contribution in [0.1, 0.15) is 26.7 Å². The van der Waals surface area contributed by atoms with Crippen LogP contribution in [-0.4, -0.2) is 60.8 Å². The summed E-state index contributed by atoms with van der Waals surface area (Å²) in [6.45, 7) is 7.25. The van der Waals surface area contributed by atoms with Crippen LogP contribution in [0.15, 0.2) is 0 Å². The van der Waals surface area contributed by atoms with Crippen molar-refractivity contribution in [1.29, 1.82) is 0 Å². The third-order valence-electron chi connectivity index (χ3n) is 3.43. The van der Waals surface area contributed by atoms with Crippen LogP contribution >= 0.6 is 0 Å². The molecule has 1 saturated heterocycles. The SMILES string of the molecule is CC(C)C(O)CN1CCCC(N(C)C)C1. The lowest BCUT2D eigenvalue weighted by Gasteiger charge is -2.37. The fourth-order valence-corrected chi connectivity index (χ4v) is 2.09. The van der Waals surface area contributed by atoms with Crippen molar-refractivity contribution in [3.63, 3.8) is 0 Å². The van der Waals surface area contributed by atoms with Gasteiger partial charge in [-0.15, -0.1) is 0 Å². The molecule has 0 aromatic carbocycles. The highest BCUT2D eigenvalue weighted by atomic mass is 16.3. The Morgan fingerprint density at radius 3 is 2.60 bits per heavy atom. The molecule has 3 nitrogen and oxygen atoms in total. The van der Waals surface area contributed by atoms with Gasteiger partial charge in [-0.3, -0.25) is 4.90 Å². The molecule has 0 aromatic rings. The zero-order chi connectivity index (χ0) is 11.4. The number of hydrogen-bond donors (Lipinski definition) is 1. The van der Waals surface area contributed by atoms with Crippen molar-refractivity contribution in [3.8, 4) is 0 Å². The van der Waals surface area contributed by atoms with Gasteiger partial charge in [0.25, 0.3) is 0 Å². The first-order valence-electron chi connectivity index (χ1n) is 6.07. The molecule has 2 atom stereocenters. The van der Waals surface area contributed by atoms with Gasteiger partial charge in [-0.25, -0.2) is 0 Å². The van der Waals surface area contributed by atoms with Gasteiger partial charge in [0.1, 0.15) is 0 Å². The summed E-state index contributed by atoms with van der Waals surface area (Å²) in [5, 5.41) is 9.85. The van der Waals surface area contributed by atoms with Crippen molar-refractivity contribution in [2.24, 2.45) is 5.92 Å². The molecule has 0 bridgehead atoms. The van der Waals surface area contributed by atoms with Crippen LogP contribution in [0, 0.1) is 5.92 Å². The first-order valence-corrected chi connectivity index (χ1v) is 6.07. The van der Waals surface area contributed by atoms with Crippen molar-refractivity contribution < 1.29 is 5.11 Å². The van der Waals surface area contributed by atoms with Crippen LogP contribution in [0.2, 0.25) is 0 Å². The molecular formula is C12H26N2O. The average Bonchev–Trinajstić information content (AvgIpc) is 2.18. The number of likely N-dealkylation sites (N-methyl/N-ethyl adjacent to an activating group) is 1. The summed E-state index contributed by atoms with van der Waals surface area (Å²) in [4.78, 5) is 4.70. The fourth-order valence-electron chi connectivity index (χ4n) is 2.09. The van der Waals surface area contributed by atoms with Crippen molar-refractivity contribution in [3.05, 3.63) is 0 Å². The molecular weight excluding hydrogens is 188 g/mol. The second kappa shape index (κ2) is 5.83. The minimum atomic E-state index is -0.175. The van der Waals surface area contributed by atoms with Gasteiger partial charge in [0, 0.05) is 19.1 Å². The maximum absolute atomic E-state index is 9.85. The molecule has 0 aromatic heterocycles. The third-order valence-corrected chi connectivity index (χ3v) is 3.43. The highest BCUT2D eigenvalue weighted by Crippen LogP contribution is 2.15. The van der Waals surface area contributed by atoms with Crippen LogP contribution in [0.5, 0.6) is 0 Å². The van der Waals surface area contributed by atoms with Gasteiger partial charge in [0.2, 0.25) is 0 Å². The van der Waals surface area contributed by atoms with Crippen LogP contribution in [0.4, 0.5) is 0 Å². The number of nitrogens with zero attached hydrogens (tertiary/aromatic N) is 2. The largest absolute Gasteiger partial charge is 0.392 e. The lowest BCUT2D eigenvalue weighted by Crippen LogP contribution is -2.48. The molecule has 1 rings (SSSR count). The minimum Gasteiger partial charge on any atom is -0.392 e. The molecule has 1 aliphatic heterocycles. The van der Waals surface area contributed by atoms with Crippen molar-refractivity contribution >= 4 is 0 Å². The first-order chi connectivity index (χ1) is 7.00. The molecule has 15 heavy (non-hydrogen) atoms. The van der Waals surface area contributed by atoms with Gasteiger partial charge in [-0.05, 0) is 39.4 Å². The summed E-state index contributed by atoms with van der Waals surface area (Å²) in [7, 11) is 4.29. The molecule has 3 heteroatoms. The highest BCUT2D eigenvalue weighted by Gasteiger charge is 2.23. The molecule has 1 N–H and O–H groups in total. The zero-order valence-corrected chi connectivity index (χ0v) is 10.6. The van der Waals surface area contributed by atoms with Crippen LogP contribution in [-0.2, 0) is 0 Å². The maximum Gasteiger partial charge on any atom is 0.0689 e. The van der Waals surface area contributed by atoms with E-state index < -0.39 is 0 Å². The lowest BCUT2D eigenvalue weighted by molar-refractivity contribution is 0.0493. The summed E-state index contributed by atoms with van der Waals surface area (Å²) >= 11 is 0. The maximum atomic E-state index is 9.85. The smallest absolute Gasteiger partial charge is 0.0689 e. The summed E-state index contributed by atoms with van der Waals surface area (Å²) in [5.74, 6) is 0.365. The Morgan fingerprint density at radius 1 is 1.40 bits per heavy atom. The Labute approximate surface area is 94.1 Å². The van der Waals surface area contributed by atoms with E-state index in [-0.39, 0.29) is 6.10 Å². The van der Waals surface area contributed by atoms with E-state index in [9.17, 15) is 5.11 Å². The average molecular weight is 214 g/mol. The predicted molar refractivity (Wildman–Crippen MR) is 64.0 cm³/mol. The van der Waals surface area contributed by atoms with Crippen LogP contribution in [0.3, 0.4) is 0 Å². The lowest BCUT2D eigenvalue weighted by atomic mass is 10.0. The summed E-state index contributed by atoms with van der Waals surface area (Å²) in [6, 6.07) is 0.665. The van der Waals surface area contributed by atoms with Crippen molar-refractivity contribution in [2.45, 2.75) is 38.8 Å². The monoisotopic (exact) mass is 214 g/mol. The van der Waals surface area contributed by atoms with E-state index in [1.807, 2.05) is 0 Å². The second-order valence-corrected chi connectivity index (χ2v) is 5.33. The summed E-state index contributed by atoms with van der Waals surface area (Å²) in [5.41, 5.74) is 0. The third kappa shape index (κ3) is 4.09. The van der Waals surface area contributed by atoms with Crippen molar-refractivity contribution in [2.75, 3.05) is 33.7 Å². The fraction of sp³-hybridized carbons (Fsp3) is 1.00. The molecule has 0 saturated carbocycles. The number of likely N-dealkylation sites (tertiary alicyclic amines) is 1. The number of hydrogen-bond acceptors (Lipinski definition) is 3. The van der Waals surface area contributed by atoms with E-state index in [2.05, 4.69) is 37.7 Å². The quantitative estimate of drug-likeness (QED) is 0.757. The van der Waals surface area contributed by atoms with Crippen LogP contribution < -0.4 is 0 Å². The van der Waals surface area contributed by atoms with E-state index in [0.29, 0.717) is 12.0 Å². The van der Waals surface area contributed by atoms with Crippen molar-refractivity contribution in [1.82, 2.24) is 9.80 Å². The van der Waals surface area contributed by atoms with Gasteiger partial charge < -0.3 is 10.0 Å². The molecule has 0 amide bonds. The van der Waals surface area contributed by atoms with Gasteiger partial charge in [-0.1, -0.05) is 13.8 Å². The topological polar surface area (TPSA) is 26.7 Å². The second-order valence-electron chi connectivity index (χ2n) is 5.33. The van der Waals surface area contributed by atoms with E-state index in [4.69, 9.17) is 0 Å². The number of β-amino-alcohol motifs (C(OH)–C–C–N with tert-alkyl or cyclic N) is 1. The Morgan fingerprint density at radius 2 is 2.07 bits per heavy atom. The minimum absolute atomic E-state index is 0.175.